The summed E-state index contributed by atoms with van der Waals surface area (Å²) in [5, 5.41) is 58.9. The molecule has 5 heteroatoms. The summed E-state index contributed by atoms with van der Waals surface area (Å²) < 4.78 is 2.36. The van der Waals surface area contributed by atoms with Gasteiger partial charge >= 0.3 is 0 Å². The van der Waals surface area contributed by atoms with Crippen LogP contribution in [-0.4, -0.2) is 4.57 Å². The van der Waals surface area contributed by atoms with Crippen molar-refractivity contribution in [3.05, 3.63) is 186 Å². The van der Waals surface area contributed by atoms with E-state index in [0.717, 1.165) is 114 Å². The molecule has 0 atom stereocenters. The van der Waals surface area contributed by atoms with Crippen molar-refractivity contribution in [3.8, 4) is 52.2 Å². The molecule has 63 heavy (non-hydrogen) atoms. The molecular weight excluding hydrogens is 767 g/mol. The van der Waals surface area contributed by atoms with Crippen LogP contribution in [0.4, 0.5) is 0 Å². The molecule has 5 nitrogen and oxygen atoms in total. The molecule has 0 radical (unpaired) electrons. The van der Waals surface area contributed by atoms with Crippen LogP contribution in [0.1, 0.15) is 22.3 Å². The summed E-state index contributed by atoms with van der Waals surface area (Å²) in [6.07, 6.45) is 0. The minimum Gasteiger partial charge on any atom is -0.309 e. The van der Waals surface area contributed by atoms with E-state index in [9.17, 15) is 21.0 Å². The summed E-state index contributed by atoms with van der Waals surface area (Å²) in [5.74, 6) is 0. The lowest BCUT2D eigenvalue weighted by Crippen LogP contribution is -1.95. The van der Waals surface area contributed by atoms with Crippen molar-refractivity contribution < 1.29 is 0 Å². The first-order valence-corrected chi connectivity index (χ1v) is 20.7. The highest BCUT2D eigenvalue weighted by atomic mass is 15.0. The number of benzene rings is 10. The van der Waals surface area contributed by atoms with Crippen LogP contribution in [0.3, 0.4) is 0 Å². The zero-order valence-corrected chi connectivity index (χ0v) is 33.3. The van der Waals surface area contributed by atoms with Crippen molar-refractivity contribution in [3.63, 3.8) is 0 Å². The third-order valence-electron chi connectivity index (χ3n) is 13.4. The summed E-state index contributed by atoms with van der Waals surface area (Å²) in [4.78, 5) is 0. The molecule has 1 heterocycles. The monoisotopic (exact) mass is 793 g/mol. The van der Waals surface area contributed by atoms with Gasteiger partial charge in [-0.3, -0.25) is 0 Å². The standard InChI is InChI=1S/C58H27N5/c59-28-32-19-21-36(34(25-32)30-61)54-48-27-47-39-10-2-1-9-38(39)42-13-7-15-44(52(42)47)55(48)56(37-22-20-33(29-60)26-35(37)31-62)58-46-23-24-51(43-14-8-16-45(53(43)46)57(54)58)63-49-17-5-3-11-40(49)41-12-4-6-18-50(41)63/h1-27H. The topological polar surface area (TPSA) is 100 Å². The fourth-order valence-electron chi connectivity index (χ4n) is 11.0. The van der Waals surface area contributed by atoms with Crippen LogP contribution in [0.5, 0.6) is 0 Å². The van der Waals surface area contributed by atoms with E-state index >= 15 is 0 Å². The average Bonchev–Trinajstić information content (AvgIpc) is 3.98. The fourth-order valence-corrected chi connectivity index (χ4v) is 11.0. The van der Waals surface area contributed by atoms with Crippen LogP contribution in [0, 0.1) is 45.3 Å². The van der Waals surface area contributed by atoms with Gasteiger partial charge in [-0.25, -0.2) is 0 Å². The van der Waals surface area contributed by atoms with E-state index in [1.54, 1.807) is 24.3 Å². The lowest BCUT2D eigenvalue weighted by Gasteiger charge is -2.20. The van der Waals surface area contributed by atoms with Crippen LogP contribution >= 0.6 is 0 Å². The van der Waals surface area contributed by atoms with Gasteiger partial charge in [-0.2, -0.15) is 21.0 Å². The number of hydrogen-bond acceptors (Lipinski definition) is 4. The van der Waals surface area contributed by atoms with E-state index < -0.39 is 0 Å². The van der Waals surface area contributed by atoms with E-state index in [1.165, 1.54) is 10.8 Å². The van der Waals surface area contributed by atoms with Gasteiger partial charge in [0, 0.05) is 27.3 Å². The first-order chi connectivity index (χ1) is 31.1. The Morgan fingerprint density at radius 3 is 1.40 bits per heavy atom. The van der Waals surface area contributed by atoms with Gasteiger partial charge in [-0.05, 0) is 130 Å². The zero-order valence-electron chi connectivity index (χ0n) is 33.3. The number of nitriles is 4. The number of aromatic nitrogens is 1. The Morgan fingerprint density at radius 1 is 0.302 bits per heavy atom. The summed E-state index contributed by atoms with van der Waals surface area (Å²) in [6.45, 7) is 0. The lowest BCUT2D eigenvalue weighted by molar-refractivity contribution is 1.20. The maximum absolute atomic E-state index is 10.9. The van der Waals surface area contributed by atoms with Crippen LogP contribution in [0.2, 0.25) is 0 Å². The summed E-state index contributed by atoms with van der Waals surface area (Å²) in [6, 6.07) is 65.6. The van der Waals surface area contributed by atoms with Crippen LogP contribution in [0.15, 0.2) is 164 Å². The Balaban J connectivity index is 1.33. The van der Waals surface area contributed by atoms with Crippen LogP contribution in [0.25, 0.3) is 125 Å². The molecular formula is C58H27N5. The molecule has 13 aromatic rings. The smallest absolute Gasteiger partial charge is 0.0998 e. The molecule has 0 amide bonds. The van der Waals surface area contributed by atoms with Gasteiger partial charge in [-0.1, -0.05) is 115 Å². The van der Waals surface area contributed by atoms with Gasteiger partial charge in [0.15, 0.2) is 0 Å². The molecule has 0 aliphatic heterocycles. The van der Waals surface area contributed by atoms with Crippen molar-refractivity contribution in [2.75, 3.05) is 0 Å². The van der Waals surface area contributed by atoms with E-state index in [1.807, 2.05) is 12.1 Å². The Hall–Kier alpha value is -9.26. The number of hydrogen-bond donors (Lipinski definition) is 0. The second-order valence-corrected chi connectivity index (χ2v) is 16.3. The lowest BCUT2D eigenvalue weighted by atomic mass is 9.82. The van der Waals surface area contributed by atoms with Gasteiger partial charge in [0.2, 0.25) is 0 Å². The second-order valence-electron chi connectivity index (χ2n) is 16.3. The van der Waals surface area contributed by atoms with E-state index in [-0.39, 0.29) is 0 Å². The Kier molecular flexibility index (Phi) is 6.93. The van der Waals surface area contributed by atoms with Gasteiger partial charge in [0.1, 0.15) is 0 Å². The van der Waals surface area contributed by atoms with Gasteiger partial charge in [0.25, 0.3) is 0 Å². The molecule has 0 saturated carbocycles. The molecule has 0 bridgehead atoms. The number of fused-ring (bicyclic) bond motifs is 11. The summed E-state index contributed by atoms with van der Waals surface area (Å²) >= 11 is 0. The Bertz CT molecular complexity index is 4320. The highest BCUT2D eigenvalue weighted by molar-refractivity contribution is 6.45. The molecule has 13 rings (SSSR count). The molecule has 0 saturated heterocycles. The predicted molar refractivity (Wildman–Crippen MR) is 255 cm³/mol. The fraction of sp³-hybridized carbons (Fsp3) is 0. The minimum absolute atomic E-state index is 0.404. The maximum atomic E-state index is 10.9. The van der Waals surface area contributed by atoms with E-state index in [2.05, 4.69) is 156 Å². The molecule has 1 aromatic heterocycles. The van der Waals surface area contributed by atoms with Crippen molar-refractivity contribution in [1.29, 1.82) is 21.0 Å². The molecule has 0 fully saturated rings. The van der Waals surface area contributed by atoms with E-state index in [4.69, 9.17) is 0 Å². The molecule has 0 aliphatic rings. The highest BCUT2D eigenvalue weighted by Gasteiger charge is 2.29. The van der Waals surface area contributed by atoms with Crippen molar-refractivity contribution in [2.24, 2.45) is 0 Å². The number of para-hydroxylation sites is 2. The quantitative estimate of drug-likeness (QED) is 0.166. The molecule has 284 valence electrons. The number of rotatable bonds is 3. The average molecular weight is 794 g/mol. The SMILES string of the molecule is N#Cc1ccc(-c2c3cc4c5ccccc5c5cccc(c3c(-c3ccc(C#N)cc3C#N)c3c6ccc(-n7c8ccccc8c8ccccc87)c7cccc(c23)c76)c54)c(C#N)c1. The van der Waals surface area contributed by atoms with Crippen molar-refractivity contribution in [1.82, 2.24) is 4.57 Å². The molecule has 0 aliphatic carbocycles. The largest absolute Gasteiger partial charge is 0.309 e. The third kappa shape index (κ3) is 4.45. The summed E-state index contributed by atoms with van der Waals surface area (Å²) in [7, 11) is 0. The molecule has 0 unspecified atom stereocenters. The molecule has 0 spiro atoms. The Labute approximate surface area is 359 Å². The second kappa shape index (κ2) is 12.6. The van der Waals surface area contributed by atoms with Gasteiger partial charge in [-0.15, -0.1) is 0 Å². The number of nitrogens with zero attached hydrogens (tertiary/aromatic N) is 5. The van der Waals surface area contributed by atoms with Crippen LogP contribution in [-0.2, 0) is 0 Å². The highest BCUT2D eigenvalue weighted by Crippen LogP contribution is 2.56. The van der Waals surface area contributed by atoms with Crippen molar-refractivity contribution >= 4 is 97.2 Å². The van der Waals surface area contributed by atoms with Gasteiger partial charge in [0.05, 0.1) is 63.3 Å². The van der Waals surface area contributed by atoms with Crippen LogP contribution < -0.4 is 0 Å². The van der Waals surface area contributed by atoms with Gasteiger partial charge < -0.3 is 4.57 Å². The minimum atomic E-state index is 0.404. The first-order valence-electron chi connectivity index (χ1n) is 20.7. The van der Waals surface area contributed by atoms with E-state index in [0.29, 0.717) is 22.3 Å². The van der Waals surface area contributed by atoms with Crippen molar-refractivity contribution in [2.45, 2.75) is 0 Å². The first kappa shape index (κ1) is 34.6. The maximum Gasteiger partial charge on any atom is 0.0998 e. The normalized spacial score (nSPS) is 11.7. The predicted octanol–water partition coefficient (Wildman–Crippen LogP) is 14.6. The molecule has 0 N–H and O–H groups in total. The Morgan fingerprint density at radius 2 is 0.778 bits per heavy atom. The third-order valence-corrected chi connectivity index (χ3v) is 13.4. The molecule has 12 aromatic carbocycles. The summed E-state index contributed by atoms with van der Waals surface area (Å²) in [5.41, 5.74) is 8.15. The zero-order chi connectivity index (χ0) is 42.1.